The van der Waals surface area contributed by atoms with E-state index in [4.69, 9.17) is 0 Å². The number of rotatable bonds is 4. The van der Waals surface area contributed by atoms with Crippen LogP contribution < -0.4 is 0 Å². The number of nitrogens with zero attached hydrogens (tertiary/aromatic N) is 4. The van der Waals surface area contributed by atoms with Gasteiger partial charge in [-0.1, -0.05) is 18.2 Å². The number of carbonyl (C=O) groups excluding carboxylic acids is 2. The highest BCUT2D eigenvalue weighted by Gasteiger charge is 2.39. The molecule has 7 nitrogen and oxygen atoms in total. The fourth-order valence-electron chi connectivity index (χ4n) is 5.87. The summed E-state index contributed by atoms with van der Waals surface area (Å²) in [5.74, 6) is -0.180. The summed E-state index contributed by atoms with van der Waals surface area (Å²) in [4.78, 5) is 29.8. The zero-order valence-electron chi connectivity index (χ0n) is 20.7. The number of hydrogen-bond donors (Lipinski definition) is 1. The van der Waals surface area contributed by atoms with Gasteiger partial charge in [-0.15, -0.1) is 0 Å². The van der Waals surface area contributed by atoms with Gasteiger partial charge in [0.2, 0.25) is 5.91 Å². The monoisotopic (exact) mass is 482 g/mol. The molecule has 5 rings (SSSR count). The van der Waals surface area contributed by atoms with Gasteiger partial charge in [0, 0.05) is 50.3 Å². The predicted molar refractivity (Wildman–Crippen MR) is 130 cm³/mol. The minimum Gasteiger partial charge on any atom is -0.393 e. The van der Waals surface area contributed by atoms with Crippen molar-refractivity contribution in [2.75, 3.05) is 26.2 Å². The van der Waals surface area contributed by atoms with Crippen molar-refractivity contribution in [3.05, 3.63) is 51.8 Å². The molecule has 1 aromatic heterocycles. The van der Waals surface area contributed by atoms with Crippen LogP contribution in [-0.2, 0) is 29.8 Å². The molecule has 35 heavy (non-hydrogen) atoms. The summed E-state index contributed by atoms with van der Waals surface area (Å²) >= 11 is 0. The molecule has 1 N–H and O–H groups in total. The van der Waals surface area contributed by atoms with Crippen LogP contribution in [0.2, 0.25) is 0 Å². The second kappa shape index (κ2) is 9.37. The van der Waals surface area contributed by atoms with Gasteiger partial charge in [-0.25, -0.2) is 4.39 Å². The van der Waals surface area contributed by atoms with Crippen LogP contribution in [0, 0.1) is 13.8 Å². The largest absolute Gasteiger partial charge is 0.393 e. The first-order chi connectivity index (χ1) is 16.8. The Labute approximate surface area is 205 Å². The van der Waals surface area contributed by atoms with Crippen molar-refractivity contribution in [1.29, 1.82) is 0 Å². The molecule has 3 aliphatic rings. The van der Waals surface area contributed by atoms with Gasteiger partial charge in [-0.3, -0.25) is 14.3 Å². The lowest BCUT2D eigenvalue weighted by Crippen LogP contribution is -2.45. The number of piperidine rings is 2. The van der Waals surface area contributed by atoms with Crippen molar-refractivity contribution in [3.63, 3.8) is 0 Å². The van der Waals surface area contributed by atoms with Gasteiger partial charge in [0.15, 0.2) is 5.69 Å². The normalized spacial score (nSPS) is 20.2. The van der Waals surface area contributed by atoms with Crippen molar-refractivity contribution in [3.8, 4) is 0 Å². The third-order valence-electron chi connectivity index (χ3n) is 8.24. The fraction of sp³-hybridized carbons (Fsp3) is 0.593. The van der Waals surface area contributed by atoms with Gasteiger partial charge in [-0.05, 0) is 62.6 Å². The van der Waals surface area contributed by atoms with E-state index in [1.54, 1.807) is 14.5 Å². The van der Waals surface area contributed by atoms with E-state index in [1.807, 2.05) is 32.0 Å². The number of aliphatic hydroxyl groups excluding tert-OH is 1. The number of aromatic nitrogens is 2. The molecule has 2 fully saturated rings. The molecule has 3 heterocycles. The smallest absolute Gasteiger partial charge is 0.274 e. The van der Waals surface area contributed by atoms with Crippen LogP contribution in [0.5, 0.6) is 0 Å². The predicted octanol–water partition coefficient (Wildman–Crippen LogP) is 3.07. The summed E-state index contributed by atoms with van der Waals surface area (Å²) in [5, 5.41) is 14.4. The molecular formula is C27H35FN4O3. The first-order valence-electron chi connectivity index (χ1n) is 12.9. The summed E-state index contributed by atoms with van der Waals surface area (Å²) in [6, 6.07) is 5.77. The van der Waals surface area contributed by atoms with Crippen LogP contribution >= 0.6 is 0 Å². The highest BCUT2D eigenvalue weighted by molar-refractivity contribution is 5.94. The molecule has 2 aromatic rings. The van der Waals surface area contributed by atoms with Crippen LogP contribution in [0.4, 0.5) is 4.39 Å². The Morgan fingerprint density at radius 3 is 2.51 bits per heavy atom. The summed E-state index contributed by atoms with van der Waals surface area (Å²) < 4.78 is 17.6. The average Bonchev–Trinajstić information content (AvgIpc) is 3.45. The van der Waals surface area contributed by atoms with Gasteiger partial charge in [-0.2, -0.15) is 5.10 Å². The summed E-state index contributed by atoms with van der Waals surface area (Å²) in [7, 11) is 0. The number of halogens is 1. The number of likely N-dealkylation sites (tertiary alicyclic amines) is 2. The second-order valence-electron chi connectivity index (χ2n) is 10.4. The SMILES string of the molecule is Cc1cccc(C2(F)CCN(C(=O)Cn3nc(C(=O)N4CCC(O)CC4)c4c3CCC4)CC2)c1C. The van der Waals surface area contributed by atoms with Crippen LogP contribution in [-0.4, -0.2) is 68.8 Å². The van der Waals surface area contributed by atoms with E-state index in [9.17, 15) is 14.7 Å². The molecule has 2 aliphatic heterocycles. The average molecular weight is 483 g/mol. The van der Waals surface area contributed by atoms with Gasteiger partial charge < -0.3 is 14.9 Å². The van der Waals surface area contributed by atoms with Crippen LogP contribution in [0.15, 0.2) is 18.2 Å². The van der Waals surface area contributed by atoms with Gasteiger partial charge in [0.1, 0.15) is 12.2 Å². The molecule has 0 radical (unpaired) electrons. The molecule has 8 heteroatoms. The van der Waals surface area contributed by atoms with Crippen molar-refractivity contribution < 1.29 is 19.1 Å². The second-order valence-corrected chi connectivity index (χ2v) is 10.4. The summed E-state index contributed by atoms with van der Waals surface area (Å²) in [5.41, 5.74) is 3.79. The number of fused-ring (bicyclic) bond motifs is 1. The molecule has 0 saturated carbocycles. The van der Waals surface area contributed by atoms with E-state index in [-0.39, 0.29) is 37.3 Å². The lowest BCUT2D eigenvalue weighted by molar-refractivity contribution is -0.134. The highest BCUT2D eigenvalue weighted by atomic mass is 19.1. The standard InChI is InChI=1S/C27H35FN4O3/c1-18-5-3-7-22(19(18)2)27(28)11-15-30(16-12-27)24(34)17-32-23-8-4-6-21(23)25(29-32)26(35)31-13-9-20(33)10-14-31/h3,5,7,20,33H,4,6,8-17H2,1-2H3. The molecule has 0 atom stereocenters. The van der Waals surface area contributed by atoms with E-state index in [0.717, 1.165) is 47.2 Å². The van der Waals surface area contributed by atoms with E-state index >= 15 is 4.39 Å². The van der Waals surface area contributed by atoms with E-state index in [2.05, 4.69) is 5.10 Å². The third-order valence-corrected chi connectivity index (χ3v) is 8.24. The zero-order valence-corrected chi connectivity index (χ0v) is 20.7. The Kier molecular flexibility index (Phi) is 6.42. The Hall–Kier alpha value is -2.74. The third kappa shape index (κ3) is 4.48. The van der Waals surface area contributed by atoms with Crippen molar-refractivity contribution in [2.24, 2.45) is 0 Å². The van der Waals surface area contributed by atoms with Crippen molar-refractivity contribution in [2.45, 2.75) is 77.1 Å². The molecule has 0 unspecified atom stereocenters. The quantitative estimate of drug-likeness (QED) is 0.727. The lowest BCUT2D eigenvalue weighted by atomic mass is 9.82. The Balaban J connectivity index is 1.27. The number of aryl methyl sites for hydroxylation is 1. The molecule has 1 aliphatic carbocycles. The first kappa shape index (κ1) is 24.0. The number of benzene rings is 1. The maximum atomic E-state index is 15.9. The van der Waals surface area contributed by atoms with Crippen LogP contribution in [0.3, 0.4) is 0 Å². The number of alkyl halides is 1. The van der Waals surface area contributed by atoms with Crippen LogP contribution in [0.1, 0.15) is 70.5 Å². The van der Waals surface area contributed by atoms with E-state index in [1.165, 1.54) is 0 Å². The molecule has 188 valence electrons. The zero-order chi connectivity index (χ0) is 24.7. The Morgan fingerprint density at radius 1 is 1.09 bits per heavy atom. The summed E-state index contributed by atoms with van der Waals surface area (Å²) in [6.45, 7) is 5.84. The highest BCUT2D eigenvalue weighted by Crippen LogP contribution is 2.39. The number of amides is 2. The molecule has 2 amide bonds. The van der Waals surface area contributed by atoms with Crippen molar-refractivity contribution >= 4 is 11.8 Å². The Morgan fingerprint density at radius 2 is 1.80 bits per heavy atom. The maximum Gasteiger partial charge on any atom is 0.274 e. The Bertz CT molecular complexity index is 1130. The molecule has 1 aromatic carbocycles. The molecule has 0 spiro atoms. The number of carbonyl (C=O) groups is 2. The molecular weight excluding hydrogens is 447 g/mol. The van der Waals surface area contributed by atoms with Gasteiger partial charge >= 0.3 is 0 Å². The number of hydrogen-bond acceptors (Lipinski definition) is 4. The minimum absolute atomic E-state index is 0.0784. The minimum atomic E-state index is -1.42. The summed E-state index contributed by atoms with van der Waals surface area (Å²) in [6.07, 6.45) is 3.94. The number of aliphatic hydroxyl groups is 1. The van der Waals surface area contributed by atoms with Gasteiger partial charge in [0.05, 0.1) is 6.10 Å². The van der Waals surface area contributed by atoms with E-state index in [0.29, 0.717) is 44.7 Å². The van der Waals surface area contributed by atoms with Crippen molar-refractivity contribution in [1.82, 2.24) is 19.6 Å². The maximum absolute atomic E-state index is 15.9. The van der Waals surface area contributed by atoms with Gasteiger partial charge in [0.25, 0.3) is 5.91 Å². The fourth-order valence-corrected chi connectivity index (χ4v) is 5.87. The van der Waals surface area contributed by atoms with E-state index < -0.39 is 5.67 Å². The lowest BCUT2D eigenvalue weighted by Gasteiger charge is -2.37. The van der Waals surface area contributed by atoms with Crippen LogP contribution in [0.25, 0.3) is 0 Å². The first-order valence-corrected chi connectivity index (χ1v) is 12.9. The molecule has 0 bridgehead atoms. The molecule has 2 saturated heterocycles. The topological polar surface area (TPSA) is 78.7 Å².